The fourth-order valence-corrected chi connectivity index (χ4v) is 2.57. The number of nitro groups is 1. The average molecular weight is 386 g/mol. The highest BCUT2D eigenvalue weighted by atomic mass is 16.6. The second kappa shape index (κ2) is 9.09. The molecule has 2 N–H and O–H groups in total. The van der Waals surface area contributed by atoms with Gasteiger partial charge in [-0.25, -0.2) is 4.79 Å². The molecule has 8 heteroatoms. The van der Waals surface area contributed by atoms with E-state index >= 15 is 0 Å². The zero-order chi connectivity index (χ0) is 20.8. The molecular weight excluding hydrogens is 364 g/mol. The number of ketones is 1. The molecule has 8 nitrogen and oxygen atoms in total. The molecule has 1 unspecified atom stereocenters. The smallest absolute Gasteiger partial charge is 0.341 e. The summed E-state index contributed by atoms with van der Waals surface area (Å²) in [6.45, 7) is 5.22. The number of ether oxygens (including phenoxy) is 1. The molecule has 0 aliphatic rings. The number of anilines is 1. The number of benzene rings is 2. The van der Waals surface area contributed by atoms with Crippen LogP contribution in [0.25, 0.3) is 0 Å². The van der Waals surface area contributed by atoms with Gasteiger partial charge < -0.3 is 15.2 Å². The maximum Gasteiger partial charge on any atom is 0.341 e. The summed E-state index contributed by atoms with van der Waals surface area (Å²) < 4.78 is 5.26. The predicted molar refractivity (Wildman–Crippen MR) is 104 cm³/mol. The molecule has 1 atom stereocenters. The van der Waals surface area contributed by atoms with Crippen LogP contribution in [0.2, 0.25) is 0 Å². The molecule has 0 heterocycles. The molecule has 0 saturated carbocycles. The SMILES string of the molecule is Cc1ccc(C(=O)C(C)OC(=O)c2cc([N+](=O)[O-])ccc2NCCO)cc1C. The first-order valence-corrected chi connectivity index (χ1v) is 8.70. The molecule has 0 spiro atoms. The highest BCUT2D eigenvalue weighted by Crippen LogP contribution is 2.24. The van der Waals surface area contributed by atoms with Crippen LogP contribution in [0.15, 0.2) is 36.4 Å². The van der Waals surface area contributed by atoms with Gasteiger partial charge in [0, 0.05) is 29.9 Å². The molecule has 2 rings (SSSR count). The van der Waals surface area contributed by atoms with Crippen LogP contribution in [0.5, 0.6) is 0 Å². The lowest BCUT2D eigenvalue weighted by atomic mass is 10.0. The van der Waals surface area contributed by atoms with E-state index in [9.17, 15) is 19.7 Å². The Hall–Kier alpha value is -3.26. The van der Waals surface area contributed by atoms with Crippen LogP contribution in [0.3, 0.4) is 0 Å². The number of aliphatic hydroxyl groups is 1. The molecule has 28 heavy (non-hydrogen) atoms. The largest absolute Gasteiger partial charge is 0.451 e. The maximum atomic E-state index is 12.6. The zero-order valence-electron chi connectivity index (χ0n) is 15.9. The monoisotopic (exact) mass is 386 g/mol. The Morgan fingerprint density at radius 2 is 1.89 bits per heavy atom. The third kappa shape index (κ3) is 4.92. The number of nitro benzene ring substituents is 1. The third-order valence-corrected chi connectivity index (χ3v) is 4.31. The van der Waals surface area contributed by atoms with Crippen molar-refractivity contribution < 1.29 is 24.4 Å². The van der Waals surface area contributed by atoms with E-state index in [4.69, 9.17) is 9.84 Å². The fraction of sp³-hybridized carbons (Fsp3) is 0.300. The van der Waals surface area contributed by atoms with Gasteiger partial charge in [0.2, 0.25) is 5.78 Å². The summed E-state index contributed by atoms with van der Waals surface area (Å²) in [4.78, 5) is 35.5. The van der Waals surface area contributed by atoms with E-state index < -0.39 is 17.0 Å². The standard InChI is InChI=1S/C20H22N2O6/c1-12-4-5-15(10-13(12)2)19(24)14(3)28-20(25)17-11-16(22(26)27)6-7-18(17)21-8-9-23/h4-7,10-11,14,21,23H,8-9H2,1-3H3. The molecule has 0 saturated heterocycles. The van der Waals surface area contributed by atoms with Gasteiger partial charge in [-0.05, 0) is 44.0 Å². The van der Waals surface area contributed by atoms with Gasteiger partial charge >= 0.3 is 5.97 Å². The highest BCUT2D eigenvalue weighted by molar-refractivity contribution is 6.03. The van der Waals surface area contributed by atoms with Crippen LogP contribution >= 0.6 is 0 Å². The Morgan fingerprint density at radius 3 is 2.50 bits per heavy atom. The second-order valence-electron chi connectivity index (χ2n) is 6.35. The van der Waals surface area contributed by atoms with Gasteiger partial charge in [0.05, 0.1) is 17.1 Å². The lowest BCUT2D eigenvalue weighted by Crippen LogP contribution is -2.25. The number of rotatable bonds is 8. The van der Waals surface area contributed by atoms with E-state index in [-0.39, 0.29) is 35.9 Å². The molecule has 0 aromatic heterocycles. The average Bonchev–Trinajstić information content (AvgIpc) is 2.67. The number of nitrogens with one attached hydrogen (secondary N) is 1. The minimum absolute atomic E-state index is 0.0811. The van der Waals surface area contributed by atoms with E-state index in [1.807, 2.05) is 19.9 Å². The van der Waals surface area contributed by atoms with Gasteiger partial charge in [0.25, 0.3) is 5.69 Å². The maximum absolute atomic E-state index is 12.6. The summed E-state index contributed by atoms with van der Waals surface area (Å²) >= 11 is 0. The van der Waals surface area contributed by atoms with Crippen molar-refractivity contribution in [3.63, 3.8) is 0 Å². The first-order valence-electron chi connectivity index (χ1n) is 8.70. The molecule has 2 aromatic rings. The van der Waals surface area contributed by atoms with Crippen molar-refractivity contribution in [3.8, 4) is 0 Å². The highest BCUT2D eigenvalue weighted by Gasteiger charge is 2.24. The van der Waals surface area contributed by atoms with E-state index in [1.54, 1.807) is 12.1 Å². The lowest BCUT2D eigenvalue weighted by Gasteiger charge is -2.15. The summed E-state index contributed by atoms with van der Waals surface area (Å²) in [5.74, 6) is -1.24. The van der Waals surface area contributed by atoms with Gasteiger partial charge in [-0.2, -0.15) is 0 Å². The molecule has 0 aliphatic heterocycles. The van der Waals surface area contributed by atoms with Crippen LogP contribution in [-0.4, -0.2) is 41.0 Å². The van der Waals surface area contributed by atoms with Gasteiger partial charge in [0.15, 0.2) is 6.10 Å². The number of esters is 1. The van der Waals surface area contributed by atoms with Crippen LogP contribution in [0, 0.1) is 24.0 Å². The van der Waals surface area contributed by atoms with Crippen LogP contribution in [0.4, 0.5) is 11.4 Å². The first-order chi connectivity index (χ1) is 13.2. The number of carbonyl (C=O) groups excluding carboxylic acids is 2. The Balaban J connectivity index is 2.24. The number of carbonyl (C=O) groups is 2. The minimum Gasteiger partial charge on any atom is -0.451 e. The normalized spacial score (nSPS) is 11.6. The van der Waals surface area contributed by atoms with Crippen molar-refractivity contribution in [2.45, 2.75) is 26.9 Å². The number of aliphatic hydroxyl groups excluding tert-OH is 1. The quantitative estimate of drug-likeness (QED) is 0.310. The Labute approximate surface area is 162 Å². The molecule has 0 bridgehead atoms. The van der Waals surface area contributed by atoms with Crippen molar-refractivity contribution in [2.75, 3.05) is 18.5 Å². The molecule has 0 fully saturated rings. The second-order valence-corrected chi connectivity index (χ2v) is 6.35. The summed E-state index contributed by atoms with van der Waals surface area (Å²) in [5, 5.41) is 22.8. The van der Waals surface area contributed by atoms with Crippen molar-refractivity contribution in [1.29, 1.82) is 0 Å². The summed E-state index contributed by atoms with van der Waals surface area (Å²) in [5.41, 5.74) is 2.31. The topological polar surface area (TPSA) is 119 Å². The first kappa shape index (κ1) is 21.0. The van der Waals surface area contributed by atoms with Crippen LogP contribution in [-0.2, 0) is 4.74 Å². The van der Waals surface area contributed by atoms with Crippen molar-refractivity contribution >= 4 is 23.1 Å². The predicted octanol–water partition coefficient (Wildman–Crippen LogP) is 3.04. The van der Waals surface area contributed by atoms with Gasteiger partial charge in [-0.1, -0.05) is 12.1 Å². The number of Topliss-reactive ketones (excluding diaryl/α,β-unsaturated/α-hetero) is 1. The van der Waals surface area contributed by atoms with Gasteiger partial charge in [0.1, 0.15) is 0 Å². The summed E-state index contributed by atoms with van der Waals surface area (Å²) in [6, 6.07) is 8.88. The molecular formula is C20H22N2O6. The van der Waals surface area contributed by atoms with Gasteiger partial charge in [-0.15, -0.1) is 0 Å². The molecule has 148 valence electrons. The lowest BCUT2D eigenvalue weighted by molar-refractivity contribution is -0.384. The Kier molecular flexibility index (Phi) is 6.84. The van der Waals surface area contributed by atoms with E-state index in [1.165, 1.54) is 19.1 Å². The molecule has 0 radical (unpaired) electrons. The number of hydrogen-bond acceptors (Lipinski definition) is 7. The van der Waals surface area contributed by atoms with E-state index in [0.29, 0.717) is 5.56 Å². The number of non-ortho nitro benzene ring substituents is 1. The fourth-order valence-electron chi connectivity index (χ4n) is 2.57. The number of hydrogen-bond donors (Lipinski definition) is 2. The van der Waals surface area contributed by atoms with E-state index in [2.05, 4.69) is 5.32 Å². The van der Waals surface area contributed by atoms with E-state index in [0.717, 1.165) is 17.2 Å². The van der Waals surface area contributed by atoms with Crippen LogP contribution < -0.4 is 5.32 Å². The molecule has 0 aliphatic carbocycles. The Bertz CT molecular complexity index is 910. The van der Waals surface area contributed by atoms with Crippen molar-refractivity contribution in [3.05, 3.63) is 68.8 Å². The molecule has 0 amide bonds. The number of nitrogens with zero attached hydrogens (tertiary/aromatic N) is 1. The van der Waals surface area contributed by atoms with Crippen LogP contribution in [0.1, 0.15) is 38.8 Å². The minimum atomic E-state index is -1.07. The third-order valence-electron chi connectivity index (χ3n) is 4.31. The molecule has 2 aromatic carbocycles. The van der Waals surface area contributed by atoms with Crippen molar-refractivity contribution in [2.24, 2.45) is 0 Å². The van der Waals surface area contributed by atoms with Crippen molar-refractivity contribution in [1.82, 2.24) is 0 Å². The number of aryl methyl sites for hydroxylation is 2. The summed E-state index contributed by atoms with van der Waals surface area (Å²) in [6.07, 6.45) is -1.07. The summed E-state index contributed by atoms with van der Waals surface area (Å²) in [7, 11) is 0. The zero-order valence-corrected chi connectivity index (χ0v) is 15.9. The van der Waals surface area contributed by atoms with Gasteiger partial charge in [-0.3, -0.25) is 14.9 Å². The Morgan fingerprint density at radius 1 is 1.18 bits per heavy atom.